The van der Waals surface area contributed by atoms with Crippen LogP contribution in [-0.2, 0) is 14.3 Å². The Morgan fingerprint density at radius 1 is 0.769 bits per heavy atom. The molecule has 158 valence electrons. The molecular formula is C20H43ClN2O3. The van der Waals surface area contributed by atoms with Crippen LogP contribution in [0, 0.1) is 0 Å². The van der Waals surface area contributed by atoms with Gasteiger partial charge in [-0.3, -0.25) is 4.79 Å². The molecule has 5 nitrogen and oxygen atoms in total. The average molecular weight is 395 g/mol. The Bertz CT molecular complexity index is 282. The Hall–Kier alpha value is -0.360. The number of amides is 1. The third kappa shape index (κ3) is 23.6. The topological polar surface area (TPSA) is 73.6 Å². The second-order valence-electron chi connectivity index (χ2n) is 6.65. The van der Waals surface area contributed by atoms with E-state index < -0.39 is 0 Å². The summed E-state index contributed by atoms with van der Waals surface area (Å²) in [5.41, 5.74) is 5.31. The van der Waals surface area contributed by atoms with Crippen LogP contribution >= 0.6 is 12.4 Å². The molecular weight excluding hydrogens is 352 g/mol. The summed E-state index contributed by atoms with van der Waals surface area (Å²) >= 11 is 0. The maximum absolute atomic E-state index is 11.7. The van der Waals surface area contributed by atoms with Crippen molar-refractivity contribution >= 4 is 18.3 Å². The van der Waals surface area contributed by atoms with E-state index in [2.05, 4.69) is 12.2 Å². The van der Waals surface area contributed by atoms with Crippen molar-refractivity contribution in [3.63, 3.8) is 0 Å². The van der Waals surface area contributed by atoms with E-state index in [1.807, 2.05) is 0 Å². The van der Waals surface area contributed by atoms with E-state index in [0.29, 0.717) is 45.9 Å². The smallest absolute Gasteiger partial charge is 0.220 e. The number of nitrogens with one attached hydrogen (secondary N) is 1. The van der Waals surface area contributed by atoms with Crippen LogP contribution < -0.4 is 11.1 Å². The van der Waals surface area contributed by atoms with Gasteiger partial charge in [-0.2, -0.15) is 0 Å². The van der Waals surface area contributed by atoms with Gasteiger partial charge in [0.25, 0.3) is 0 Å². The lowest BCUT2D eigenvalue weighted by Crippen LogP contribution is -2.27. The second-order valence-corrected chi connectivity index (χ2v) is 6.65. The second kappa shape index (κ2) is 24.6. The van der Waals surface area contributed by atoms with E-state index in [1.54, 1.807) is 0 Å². The van der Waals surface area contributed by atoms with E-state index in [4.69, 9.17) is 15.2 Å². The fraction of sp³-hybridized carbons (Fsp3) is 0.950. The summed E-state index contributed by atoms with van der Waals surface area (Å²) in [5, 5.41) is 2.90. The van der Waals surface area contributed by atoms with Gasteiger partial charge >= 0.3 is 0 Å². The van der Waals surface area contributed by atoms with Gasteiger partial charge in [0.05, 0.1) is 26.4 Å². The molecule has 0 rings (SSSR count). The highest BCUT2D eigenvalue weighted by atomic mass is 35.5. The largest absolute Gasteiger partial charge is 0.378 e. The molecule has 0 aromatic heterocycles. The average Bonchev–Trinajstić information content (AvgIpc) is 2.62. The van der Waals surface area contributed by atoms with E-state index in [1.165, 1.54) is 57.8 Å². The van der Waals surface area contributed by atoms with Crippen molar-refractivity contribution < 1.29 is 14.3 Å². The molecule has 0 saturated carbocycles. The monoisotopic (exact) mass is 394 g/mol. The summed E-state index contributed by atoms with van der Waals surface area (Å²) in [6.07, 6.45) is 15.0. The van der Waals surface area contributed by atoms with Crippen molar-refractivity contribution in [1.29, 1.82) is 0 Å². The fourth-order valence-corrected chi connectivity index (χ4v) is 2.71. The highest BCUT2D eigenvalue weighted by Gasteiger charge is 2.00. The first kappa shape index (κ1) is 27.9. The minimum absolute atomic E-state index is 0. The number of rotatable bonds is 20. The van der Waals surface area contributed by atoms with Gasteiger partial charge < -0.3 is 20.5 Å². The van der Waals surface area contributed by atoms with Crippen LogP contribution in [0.5, 0.6) is 0 Å². The zero-order valence-corrected chi connectivity index (χ0v) is 17.8. The van der Waals surface area contributed by atoms with Crippen LogP contribution in [-0.4, -0.2) is 45.4 Å². The van der Waals surface area contributed by atoms with Gasteiger partial charge in [0.1, 0.15) is 0 Å². The lowest BCUT2D eigenvalue weighted by molar-refractivity contribution is -0.121. The summed E-state index contributed by atoms with van der Waals surface area (Å²) in [6, 6.07) is 0. The normalized spacial score (nSPS) is 10.5. The van der Waals surface area contributed by atoms with Gasteiger partial charge in [-0.05, 0) is 6.42 Å². The number of ether oxygens (including phenoxy) is 2. The number of hydrogen-bond acceptors (Lipinski definition) is 4. The third-order valence-electron chi connectivity index (χ3n) is 4.21. The molecule has 0 radical (unpaired) electrons. The molecule has 0 bridgehead atoms. The maximum atomic E-state index is 11.7. The SMILES string of the molecule is CCCCCCCCCCCCCC(=O)NCCOCCOCCN.Cl. The van der Waals surface area contributed by atoms with Crippen molar-refractivity contribution in [1.82, 2.24) is 5.32 Å². The minimum Gasteiger partial charge on any atom is -0.378 e. The first-order valence-corrected chi connectivity index (χ1v) is 10.4. The number of hydrogen-bond donors (Lipinski definition) is 2. The minimum atomic E-state index is 0. The number of halogens is 1. The van der Waals surface area contributed by atoms with Crippen LogP contribution in [0.4, 0.5) is 0 Å². The predicted molar refractivity (Wildman–Crippen MR) is 112 cm³/mol. The van der Waals surface area contributed by atoms with Crippen molar-refractivity contribution in [2.75, 3.05) is 39.5 Å². The lowest BCUT2D eigenvalue weighted by Gasteiger charge is -2.07. The Balaban J connectivity index is 0. The van der Waals surface area contributed by atoms with Crippen LogP contribution in [0.15, 0.2) is 0 Å². The van der Waals surface area contributed by atoms with Gasteiger partial charge in [-0.1, -0.05) is 71.1 Å². The van der Waals surface area contributed by atoms with Crippen LogP contribution in [0.3, 0.4) is 0 Å². The van der Waals surface area contributed by atoms with Gasteiger partial charge in [0.2, 0.25) is 5.91 Å². The Labute approximate surface area is 167 Å². The molecule has 1 amide bonds. The number of nitrogens with two attached hydrogens (primary N) is 1. The number of carbonyl (C=O) groups is 1. The fourth-order valence-electron chi connectivity index (χ4n) is 2.71. The molecule has 0 aliphatic heterocycles. The molecule has 0 saturated heterocycles. The van der Waals surface area contributed by atoms with E-state index in [9.17, 15) is 4.79 Å². The van der Waals surface area contributed by atoms with Crippen molar-refractivity contribution in [2.24, 2.45) is 5.73 Å². The summed E-state index contributed by atoms with van der Waals surface area (Å²) in [7, 11) is 0. The quantitative estimate of drug-likeness (QED) is 0.303. The molecule has 0 fully saturated rings. The molecule has 0 aliphatic rings. The molecule has 0 unspecified atom stereocenters. The molecule has 6 heteroatoms. The number of carbonyl (C=O) groups excluding carboxylic acids is 1. The highest BCUT2D eigenvalue weighted by Crippen LogP contribution is 2.11. The Morgan fingerprint density at radius 2 is 1.27 bits per heavy atom. The molecule has 0 spiro atoms. The van der Waals surface area contributed by atoms with Crippen LogP contribution in [0.2, 0.25) is 0 Å². The van der Waals surface area contributed by atoms with E-state index in [-0.39, 0.29) is 18.3 Å². The van der Waals surface area contributed by atoms with E-state index >= 15 is 0 Å². The third-order valence-corrected chi connectivity index (χ3v) is 4.21. The molecule has 0 aliphatic carbocycles. The van der Waals surface area contributed by atoms with Crippen molar-refractivity contribution in [3.8, 4) is 0 Å². The zero-order valence-electron chi connectivity index (χ0n) is 16.9. The molecule has 0 atom stereocenters. The van der Waals surface area contributed by atoms with Crippen LogP contribution in [0.1, 0.15) is 84.0 Å². The van der Waals surface area contributed by atoms with Crippen molar-refractivity contribution in [3.05, 3.63) is 0 Å². The summed E-state index contributed by atoms with van der Waals surface area (Å²) in [6.45, 7) is 5.59. The van der Waals surface area contributed by atoms with Gasteiger partial charge in [-0.15, -0.1) is 12.4 Å². The maximum Gasteiger partial charge on any atom is 0.220 e. The van der Waals surface area contributed by atoms with Gasteiger partial charge in [0, 0.05) is 19.5 Å². The summed E-state index contributed by atoms with van der Waals surface area (Å²) in [5.74, 6) is 0.138. The summed E-state index contributed by atoms with van der Waals surface area (Å²) in [4.78, 5) is 11.7. The summed E-state index contributed by atoms with van der Waals surface area (Å²) < 4.78 is 10.6. The van der Waals surface area contributed by atoms with Gasteiger partial charge in [0.15, 0.2) is 0 Å². The van der Waals surface area contributed by atoms with Crippen molar-refractivity contribution in [2.45, 2.75) is 84.0 Å². The Kier molecular flexibility index (Phi) is 26.4. The molecule has 0 heterocycles. The predicted octanol–water partition coefficient (Wildman–Crippen LogP) is 4.22. The first-order chi connectivity index (χ1) is 12.3. The molecule has 3 N–H and O–H groups in total. The van der Waals surface area contributed by atoms with Crippen LogP contribution in [0.25, 0.3) is 0 Å². The standard InChI is InChI=1S/C20H42N2O3.ClH/c1-2-3-4-5-6-7-8-9-10-11-12-13-20(23)22-15-17-25-19-18-24-16-14-21;/h2-19,21H2,1H3,(H,22,23);1H. The molecule has 26 heavy (non-hydrogen) atoms. The first-order valence-electron chi connectivity index (χ1n) is 10.4. The molecule has 0 aromatic carbocycles. The zero-order chi connectivity index (χ0) is 18.4. The molecule has 0 aromatic rings. The highest BCUT2D eigenvalue weighted by molar-refractivity contribution is 5.85. The van der Waals surface area contributed by atoms with Gasteiger partial charge in [-0.25, -0.2) is 0 Å². The number of unbranched alkanes of at least 4 members (excludes halogenated alkanes) is 10. The Morgan fingerprint density at radius 3 is 1.81 bits per heavy atom. The van der Waals surface area contributed by atoms with E-state index in [0.717, 1.165) is 12.8 Å². The lowest BCUT2D eigenvalue weighted by atomic mass is 10.1.